The van der Waals surface area contributed by atoms with Crippen molar-refractivity contribution in [2.24, 2.45) is 0 Å². The monoisotopic (exact) mass is 366 g/mol. The number of rotatable bonds is 5. The molecule has 0 radical (unpaired) electrons. The summed E-state index contributed by atoms with van der Waals surface area (Å²) in [5.74, 6) is 0.387. The third kappa shape index (κ3) is 3.67. The van der Waals surface area contributed by atoms with Gasteiger partial charge in [-0.2, -0.15) is 16.4 Å². The first kappa shape index (κ1) is 15.7. The van der Waals surface area contributed by atoms with Gasteiger partial charge in [-0.15, -0.1) is 11.3 Å². The molecule has 0 spiro atoms. The lowest BCUT2D eigenvalue weighted by molar-refractivity contribution is -0.115. The lowest BCUT2D eigenvalue weighted by atomic mass is 10.2. The summed E-state index contributed by atoms with van der Waals surface area (Å²) in [6.45, 7) is 0. The molecule has 0 bridgehead atoms. The van der Waals surface area contributed by atoms with Crippen molar-refractivity contribution in [1.82, 2.24) is 15.2 Å². The van der Waals surface area contributed by atoms with Gasteiger partial charge in [0.25, 0.3) is 0 Å². The van der Waals surface area contributed by atoms with E-state index >= 15 is 0 Å². The summed E-state index contributed by atoms with van der Waals surface area (Å²) in [7, 11) is 0. The second kappa shape index (κ2) is 7.00. The van der Waals surface area contributed by atoms with Gasteiger partial charge in [-0.1, -0.05) is 30.3 Å². The molecule has 0 aliphatic heterocycles. The third-order valence-corrected chi connectivity index (χ3v) is 5.22. The molecule has 4 aromatic rings. The zero-order valence-electron chi connectivity index (χ0n) is 13.1. The van der Waals surface area contributed by atoms with Crippen molar-refractivity contribution in [2.45, 2.75) is 6.42 Å². The molecule has 124 valence electrons. The van der Waals surface area contributed by atoms with E-state index in [1.54, 1.807) is 22.7 Å². The van der Waals surface area contributed by atoms with Gasteiger partial charge in [-0.3, -0.25) is 9.89 Å². The summed E-state index contributed by atoms with van der Waals surface area (Å²) in [5.41, 5.74) is 3.77. The van der Waals surface area contributed by atoms with Crippen LogP contribution in [0.2, 0.25) is 0 Å². The van der Waals surface area contributed by atoms with E-state index in [1.165, 1.54) is 0 Å². The number of thiazole rings is 1. The second-order valence-corrected chi connectivity index (χ2v) is 7.05. The van der Waals surface area contributed by atoms with E-state index in [1.807, 2.05) is 58.6 Å². The fraction of sp³-hybridized carbons (Fsp3) is 0.0556. The fourth-order valence-corrected chi connectivity index (χ4v) is 3.89. The SMILES string of the molecule is O=C(Cc1csc(-c2ccccc2)n1)Nc1cc(-c2ccsc2)[nH]n1. The van der Waals surface area contributed by atoms with Crippen LogP contribution in [-0.4, -0.2) is 21.1 Å². The number of amides is 1. The van der Waals surface area contributed by atoms with Gasteiger partial charge in [0.1, 0.15) is 5.01 Å². The Morgan fingerprint density at radius 2 is 2.00 bits per heavy atom. The maximum Gasteiger partial charge on any atom is 0.231 e. The molecule has 0 fully saturated rings. The predicted molar refractivity (Wildman–Crippen MR) is 102 cm³/mol. The molecule has 4 rings (SSSR count). The molecule has 0 aliphatic rings. The molecule has 5 nitrogen and oxygen atoms in total. The number of H-pyrrole nitrogens is 1. The minimum Gasteiger partial charge on any atom is -0.309 e. The standard InChI is InChI=1S/C18H14N4OS2/c23-17(20-16-9-15(21-22-16)13-6-7-24-10-13)8-14-11-25-18(19-14)12-4-2-1-3-5-12/h1-7,9-11H,8H2,(H2,20,21,22,23). The van der Waals surface area contributed by atoms with E-state index < -0.39 is 0 Å². The maximum absolute atomic E-state index is 12.2. The maximum atomic E-state index is 12.2. The Bertz CT molecular complexity index is 974. The topological polar surface area (TPSA) is 70.7 Å². The van der Waals surface area contributed by atoms with E-state index in [4.69, 9.17) is 0 Å². The van der Waals surface area contributed by atoms with Crippen LogP contribution in [0.15, 0.2) is 58.6 Å². The largest absolute Gasteiger partial charge is 0.309 e. The molecule has 0 saturated carbocycles. The molecule has 25 heavy (non-hydrogen) atoms. The number of aromatic nitrogens is 3. The Morgan fingerprint density at radius 3 is 2.80 bits per heavy atom. The van der Waals surface area contributed by atoms with Crippen LogP contribution in [0, 0.1) is 0 Å². The van der Waals surface area contributed by atoms with E-state index in [9.17, 15) is 4.79 Å². The number of nitrogens with zero attached hydrogens (tertiary/aromatic N) is 2. The summed E-state index contributed by atoms with van der Waals surface area (Å²) in [5, 5.41) is 16.7. The minimum absolute atomic E-state index is 0.131. The molecule has 2 N–H and O–H groups in total. The molecule has 1 aromatic carbocycles. The zero-order valence-corrected chi connectivity index (χ0v) is 14.7. The first-order chi connectivity index (χ1) is 12.3. The summed E-state index contributed by atoms with van der Waals surface area (Å²) < 4.78 is 0. The van der Waals surface area contributed by atoms with Crippen molar-refractivity contribution in [3.63, 3.8) is 0 Å². The second-order valence-electron chi connectivity index (χ2n) is 5.41. The van der Waals surface area contributed by atoms with Crippen molar-refractivity contribution in [3.8, 4) is 21.8 Å². The van der Waals surface area contributed by atoms with E-state index in [0.29, 0.717) is 5.82 Å². The highest BCUT2D eigenvalue weighted by Crippen LogP contribution is 2.24. The van der Waals surface area contributed by atoms with Gasteiger partial charge in [-0.25, -0.2) is 4.98 Å². The number of hydrogen-bond acceptors (Lipinski definition) is 5. The highest BCUT2D eigenvalue weighted by Gasteiger charge is 2.11. The number of anilines is 1. The Morgan fingerprint density at radius 1 is 1.12 bits per heavy atom. The summed E-state index contributed by atoms with van der Waals surface area (Å²) in [6.07, 6.45) is 0.226. The van der Waals surface area contributed by atoms with Gasteiger partial charge >= 0.3 is 0 Å². The van der Waals surface area contributed by atoms with Crippen LogP contribution in [0.1, 0.15) is 5.69 Å². The molecule has 0 saturated heterocycles. The lowest BCUT2D eigenvalue weighted by Crippen LogP contribution is -2.14. The van der Waals surface area contributed by atoms with E-state index in [-0.39, 0.29) is 12.3 Å². The molecule has 3 heterocycles. The van der Waals surface area contributed by atoms with Crippen LogP contribution in [-0.2, 0) is 11.2 Å². The highest BCUT2D eigenvalue weighted by atomic mass is 32.1. The Balaban J connectivity index is 1.40. The third-order valence-electron chi connectivity index (χ3n) is 3.59. The lowest BCUT2D eigenvalue weighted by Gasteiger charge is -1.99. The smallest absolute Gasteiger partial charge is 0.231 e. The van der Waals surface area contributed by atoms with E-state index in [2.05, 4.69) is 20.5 Å². The predicted octanol–water partition coefficient (Wildman–Crippen LogP) is 4.44. The van der Waals surface area contributed by atoms with Crippen LogP contribution in [0.4, 0.5) is 5.82 Å². The fourth-order valence-electron chi connectivity index (χ4n) is 2.40. The van der Waals surface area contributed by atoms with Gasteiger partial charge in [0.2, 0.25) is 5.91 Å². The number of benzene rings is 1. The van der Waals surface area contributed by atoms with Crippen molar-refractivity contribution in [2.75, 3.05) is 5.32 Å². The molecule has 3 aromatic heterocycles. The van der Waals surface area contributed by atoms with Crippen molar-refractivity contribution >= 4 is 34.4 Å². The number of carbonyl (C=O) groups excluding carboxylic acids is 1. The number of carbonyl (C=O) groups is 1. The molecule has 0 atom stereocenters. The Labute approximate surface area is 152 Å². The van der Waals surface area contributed by atoms with Gasteiger partial charge < -0.3 is 5.32 Å². The molecule has 7 heteroatoms. The van der Waals surface area contributed by atoms with Gasteiger partial charge in [0.15, 0.2) is 5.82 Å². The first-order valence-electron chi connectivity index (χ1n) is 7.65. The van der Waals surface area contributed by atoms with Crippen LogP contribution in [0.5, 0.6) is 0 Å². The van der Waals surface area contributed by atoms with Gasteiger partial charge in [0.05, 0.1) is 17.8 Å². The Hall–Kier alpha value is -2.77. The number of aromatic amines is 1. The molecule has 1 amide bonds. The Kier molecular flexibility index (Phi) is 4.41. The highest BCUT2D eigenvalue weighted by molar-refractivity contribution is 7.13. The van der Waals surface area contributed by atoms with Crippen molar-refractivity contribution in [3.05, 3.63) is 64.3 Å². The number of thiophene rings is 1. The normalized spacial score (nSPS) is 10.7. The summed E-state index contributed by atoms with van der Waals surface area (Å²) in [4.78, 5) is 16.8. The van der Waals surface area contributed by atoms with Gasteiger partial charge in [0, 0.05) is 28.0 Å². The minimum atomic E-state index is -0.131. The van der Waals surface area contributed by atoms with Crippen LogP contribution >= 0.6 is 22.7 Å². The zero-order chi connectivity index (χ0) is 17.1. The average Bonchev–Trinajstić information content (AvgIpc) is 3.37. The molecular formula is C18H14N4OS2. The van der Waals surface area contributed by atoms with E-state index in [0.717, 1.165) is 27.5 Å². The van der Waals surface area contributed by atoms with Crippen LogP contribution in [0.25, 0.3) is 21.8 Å². The number of hydrogen-bond donors (Lipinski definition) is 2. The summed E-state index contributed by atoms with van der Waals surface area (Å²) >= 11 is 3.16. The van der Waals surface area contributed by atoms with Crippen LogP contribution < -0.4 is 5.32 Å². The quantitative estimate of drug-likeness (QED) is 0.548. The first-order valence-corrected chi connectivity index (χ1v) is 9.48. The van der Waals surface area contributed by atoms with Crippen molar-refractivity contribution in [1.29, 1.82) is 0 Å². The molecular weight excluding hydrogens is 352 g/mol. The van der Waals surface area contributed by atoms with Crippen molar-refractivity contribution < 1.29 is 4.79 Å². The van der Waals surface area contributed by atoms with Crippen LogP contribution in [0.3, 0.4) is 0 Å². The molecule has 0 aliphatic carbocycles. The summed E-state index contributed by atoms with van der Waals surface area (Å²) in [6, 6.07) is 13.8. The number of nitrogens with one attached hydrogen (secondary N) is 2. The average molecular weight is 366 g/mol. The molecule has 0 unspecified atom stereocenters. The van der Waals surface area contributed by atoms with Gasteiger partial charge in [-0.05, 0) is 11.4 Å².